The van der Waals surface area contributed by atoms with Crippen molar-refractivity contribution in [3.63, 3.8) is 0 Å². The summed E-state index contributed by atoms with van der Waals surface area (Å²) in [5.74, 6) is 1.36. The lowest BCUT2D eigenvalue weighted by molar-refractivity contribution is -0.137. The molecule has 0 aliphatic carbocycles. The maximum Gasteiger partial charge on any atom is 0.269 e. The Labute approximate surface area is 168 Å². The van der Waals surface area contributed by atoms with Crippen LogP contribution in [0.1, 0.15) is 0 Å². The number of morpholine rings is 1. The molecule has 0 spiro atoms. The maximum atomic E-state index is 12.4. The molecule has 2 amide bonds. The van der Waals surface area contributed by atoms with E-state index >= 15 is 0 Å². The van der Waals surface area contributed by atoms with Crippen LogP contribution >= 0.6 is 0 Å². The molecule has 2 heterocycles. The third-order valence-corrected chi connectivity index (χ3v) is 4.65. The zero-order chi connectivity index (χ0) is 20.1. The average Bonchev–Trinajstić information content (AvgIpc) is 2.78. The zero-order valence-corrected chi connectivity index (χ0v) is 15.8. The number of anilines is 1. The van der Waals surface area contributed by atoms with E-state index in [2.05, 4.69) is 5.32 Å². The fourth-order valence-corrected chi connectivity index (χ4v) is 3.06. The van der Waals surface area contributed by atoms with Gasteiger partial charge in [0.25, 0.3) is 11.8 Å². The van der Waals surface area contributed by atoms with E-state index in [-0.39, 0.29) is 25.0 Å². The summed E-state index contributed by atoms with van der Waals surface area (Å²) in [5.41, 5.74) is 0.601. The van der Waals surface area contributed by atoms with E-state index in [1.807, 2.05) is 12.1 Å². The van der Waals surface area contributed by atoms with Crippen molar-refractivity contribution in [3.05, 3.63) is 48.5 Å². The van der Waals surface area contributed by atoms with Crippen LogP contribution in [0.5, 0.6) is 17.2 Å². The molecular formula is C21H22N2O6. The lowest BCUT2D eigenvalue weighted by Gasteiger charge is -2.26. The molecule has 0 aromatic heterocycles. The number of benzene rings is 2. The highest BCUT2D eigenvalue weighted by molar-refractivity contribution is 5.94. The number of nitrogens with zero attached hydrogens (tertiary/aromatic N) is 1. The van der Waals surface area contributed by atoms with Gasteiger partial charge in [0, 0.05) is 18.8 Å². The summed E-state index contributed by atoms with van der Waals surface area (Å²) in [6.45, 7) is 2.41. The number of amides is 2. The summed E-state index contributed by atoms with van der Waals surface area (Å²) in [5, 5.41) is 2.80. The first-order chi connectivity index (χ1) is 14.2. The van der Waals surface area contributed by atoms with Gasteiger partial charge in [0.15, 0.2) is 18.1 Å². The molecule has 8 nitrogen and oxygen atoms in total. The van der Waals surface area contributed by atoms with Crippen molar-refractivity contribution in [2.24, 2.45) is 0 Å². The lowest BCUT2D eigenvalue weighted by atomic mass is 10.2. The van der Waals surface area contributed by atoms with Gasteiger partial charge in [-0.3, -0.25) is 9.59 Å². The molecule has 0 radical (unpaired) electrons. The number of hydrogen-bond donors (Lipinski definition) is 1. The molecule has 8 heteroatoms. The van der Waals surface area contributed by atoms with Crippen molar-refractivity contribution in [3.8, 4) is 17.2 Å². The molecule has 2 aromatic rings. The van der Waals surface area contributed by atoms with Crippen molar-refractivity contribution in [2.75, 3.05) is 44.8 Å². The topological polar surface area (TPSA) is 86.3 Å². The van der Waals surface area contributed by atoms with Crippen molar-refractivity contribution < 1.29 is 28.5 Å². The van der Waals surface area contributed by atoms with Gasteiger partial charge in [-0.05, 0) is 36.4 Å². The molecule has 29 heavy (non-hydrogen) atoms. The van der Waals surface area contributed by atoms with Gasteiger partial charge in [0.2, 0.25) is 6.10 Å². The van der Waals surface area contributed by atoms with Gasteiger partial charge in [-0.25, -0.2) is 0 Å². The highest BCUT2D eigenvalue weighted by atomic mass is 16.6. The van der Waals surface area contributed by atoms with Gasteiger partial charge in [-0.2, -0.15) is 0 Å². The van der Waals surface area contributed by atoms with Crippen LogP contribution in [0.15, 0.2) is 48.5 Å². The van der Waals surface area contributed by atoms with Crippen LogP contribution in [0.3, 0.4) is 0 Å². The monoisotopic (exact) mass is 398 g/mol. The predicted molar refractivity (Wildman–Crippen MR) is 104 cm³/mol. The Balaban J connectivity index is 1.27. The van der Waals surface area contributed by atoms with Crippen LogP contribution in [0, 0.1) is 0 Å². The Kier molecular flexibility index (Phi) is 5.81. The first-order valence-electron chi connectivity index (χ1n) is 9.47. The Morgan fingerprint density at radius 2 is 1.76 bits per heavy atom. The van der Waals surface area contributed by atoms with Crippen molar-refractivity contribution in [1.82, 2.24) is 4.90 Å². The number of ether oxygens (including phenoxy) is 4. The summed E-state index contributed by atoms with van der Waals surface area (Å²) in [6.07, 6.45) is -0.730. The van der Waals surface area contributed by atoms with Gasteiger partial charge in [0.1, 0.15) is 12.4 Å². The van der Waals surface area contributed by atoms with E-state index in [0.717, 1.165) is 0 Å². The number of fused-ring (bicyclic) bond motifs is 1. The van der Waals surface area contributed by atoms with E-state index in [9.17, 15) is 9.59 Å². The Morgan fingerprint density at radius 3 is 2.52 bits per heavy atom. The molecule has 0 saturated carbocycles. The van der Waals surface area contributed by atoms with Gasteiger partial charge < -0.3 is 29.2 Å². The molecule has 0 bridgehead atoms. The second kappa shape index (κ2) is 8.83. The molecular weight excluding hydrogens is 376 g/mol. The highest BCUT2D eigenvalue weighted by Gasteiger charge is 2.27. The number of para-hydroxylation sites is 2. The third-order valence-electron chi connectivity index (χ3n) is 4.65. The van der Waals surface area contributed by atoms with Crippen LogP contribution in [0.2, 0.25) is 0 Å². The molecule has 1 fully saturated rings. The smallest absolute Gasteiger partial charge is 0.269 e. The van der Waals surface area contributed by atoms with Crippen LogP contribution in [-0.2, 0) is 14.3 Å². The highest BCUT2D eigenvalue weighted by Crippen LogP contribution is 2.31. The van der Waals surface area contributed by atoms with Gasteiger partial charge in [-0.1, -0.05) is 12.1 Å². The summed E-state index contributed by atoms with van der Waals surface area (Å²) in [4.78, 5) is 26.3. The van der Waals surface area contributed by atoms with E-state index in [4.69, 9.17) is 18.9 Å². The van der Waals surface area contributed by atoms with Gasteiger partial charge >= 0.3 is 0 Å². The van der Waals surface area contributed by atoms with Crippen LogP contribution < -0.4 is 19.5 Å². The lowest BCUT2D eigenvalue weighted by Crippen LogP contribution is -2.42. The van der Waals surface area contributed by atoms with Crippen molar-refractivity contribution in [2.45, 2.75) is 6.10 Å². The largest absolute Gasteiger partial charge is 0.485 e. The van der Waals surface area contributed by atoms with E-state index < -0.39 is 6.10 Å². The van der Waals surface area contributed by atoms with Crippen LogP contribution in [-0.4, -0.2) is 62.3 Å². The fourth-order valence-electron chi connectivity index (χ4n) is 3.06. The molecule has 2 aliphatic heterocycles. The second-order valence-corrected chi connectivity index (χ2v) is 6.66. The molecule has 4 rings (SSSR count). The molecule has 2 aliphatic rings. The molecule has 1 atom stereocenters. The normalized spacial score (nSPS) is 18.1. The molecule has 1 saturated heterocycles. The second-order valence-electron chi connectivity index (χ2n) is 6.66. The Hall–Kier alpha value is -3.26. The summed E-state index contributed by atoms with van der Waals surface area (Å²) >= 11 is 0. The Morgan fingerprint density at radius 1 is 1.03 bits per heavy atom. The first kappa shape index (κ1) is 19.1. The van der Waals surface area contributed by atoms with Gasteiger partial charge in [0.05, 0.1) is 13.2 Å². The molecule has 1 unspecified atom stereocenters. The van der Waals surface area contributed by atoms with E-state index in [0.29, 0.717) is 49.2 Å². The third kappa shape index (κ3) is 4.78. The van der Waals surface area contributed by atoms with E-state index in [1.54, 1.807) is 41.3 Å². The standard InChI is InChI=1S/C21H22N2O6/c24-20(23-9-11-26-12-10-23)14-27-16-7-5-15(6-8-16)22-21(25)19-13-28-17-3-1-2-4-18(17)29-19/h1-8,19H,9-14H2,(H,22,25). The number of nitrogens with one attached hydrogen (secondary N) is 1. The minimum atomic E-state index is -0.730. The average molecular weight is 398 g/mol. The number of rotatable bonds is 5. The summed E-state index contributed by atoms with van der Waals surface area (Å²) in [6, 6.07) is 14.1. The molecule has 1 N–H and O–H groups in total. The van der Waals surface area contributed by atoms with Crippen LogP contribution in [0.25, 0.3) is 0 Å². The summed E-state index contributed by atoms with van der Waals surface area (Å²) < 4.78 is 22.0. The zero-order valence-electron chi connectivity index (χ0n) is 15.8. The van der Waals surface area contributed by atoms with Crippen LogP contribution in [0.4, 0.5) is 5.69 Å². The van der Waals surface area contributed by atoms with Crippen molar-refractivity contribution >= 4 is 17.5 Å². The quantitative estimate of drug-likeness (QED) is 0.825. The predicted octanol–water partition coefficient (Wildman–Crippen LogP) is 1.70. The SMILES string of the molecule is O=C(Nc1ccc(OCC(=O)N2CCOCC2)cc1)C1COc2ccccc2O1. The first-order valence-corrected chi connectivity index (χ1v) is 9.47. The van der Waals surface area contributed by atoms with E-state index in [1.165, 1.54) is 0 Å². The van der Waals surface area contributed by atoms with Crippen molar-refractivity contribution in [1.29, 1.82) is 0 Å². The summed E-state index contributed by atoms with van der Waals surface area (Å²) in [7, 11) is 0. The Bertz CT molecular complexity index is 864. The number of hydrogen-bond acceptors (Lipinski definition) is 6. The molecule has 2 aromatic carbocycles. The minimum absolute atomic E-state index is 0.0294. The van der Waals surface area contributed by atoms with Gasteiger partial charge in [-0.15, -0.1) is 0 Å². The number of carbonyl (C=O) groups excluding carboxylic acids is 2. The number of carbonyl (C=O) groups is 2. The molecule has 152 valence electrons. The maximum absolute atomic E-state index is 12.4. The fraction of sp³-hybridized carbons (Fsp3) is 0.333. The minimum Gasteiger partial charge on any atom is -0.485 e.